The van der Waals surface area contributed by atoms with Crippen molar-refractivity contribution in [3.05, 3.63) is 64.7 Å². The molecule has 0 atom stereocenters. The highest BCUT2D eigenvalue weighted by atomic mass is 32.1. The fourth-order valence-corrected chi connectivity index (χ4v) is 3.35. The second kappa shape index (κ2) is 6.68. The summed E-state index contributed by atoms with van der Waals surface area (Å²) >= 11 is 1.47. The molecule has 0 radical (unpaired) electrons. The van der Waals surface area contributed by atoms with E-state index in [9.17, 15) is 9.18 Å². The van der Waals surface area contributed by atoms with Gasteiger partial charge in [-0.05, 0) is 36.8 Å². The molecule has 2 aromatic carbocycles. The molecule has 0 spiro atoms. The Bertz CT molecular complexity index is 1090. The van der Waals surface area contributed by atoms with Crippen LogP contribution in [0.2, 0.25) is 0 Å². The molecule has 130 valence electrons. The minimum absolute atomic E-state index is 0.0589. The van der Waals surface area contributed by atoms with E-state index in [0.29, 0.717) is 11.5 Å². The van der Waals surface area contributed by atoms with Crippen LogP contribution in [0, 0.1) is 12.7 Å². The highest BCUT2D eigenvalue weighted by molar-refractivity contribution is 7.07. The molecule has 0 aliphatic carbocycles. The van der Waals surface area contributed by atoms with Crippen molar-refractivity contribution in [1.29, 1.82) is 0 Å². The van der Waals surface area contributed by atoms with E-state index >= 15 is 0 Å². The van der Waals surface area contributed by atoms with Crippen LogP contribution in [-0.2, 0) is 11.3 Å². The molecule has 2 aromatic heterocycles. The summed E-state index contributed by atoms with van der Waals surface area (Å²) < 4.78 is 15.3. The Balaban J connectivity index is 1.69. The molecule has 0 saturated heterocycles. The first-order valence-corrected chi connectivity index (χ1v) is 8.96. The molecular weight excluding hydrogens is 351 g/mol. The highest BCUT2D eigenvalue weighted by Crippen LogP contribution is 2.25. The number of hydrogen-bond acceptors (Lipinski definition) is 4. The predicted octanol–water partition coefficient (Wildman–Crippen LogP) is 4.25. The van der Waals surface area contributed by atoms with E-state index in [1.54, 1.807) is 11.6 Å². The number of para-hydroxylation sites is 2. The first-order chi connectivity index (χ1) is 12.6. The Morgan fingerprint density at radius 3 is 2.92 bits per heavy atom. The minimum Gasteiger partial charge on any atom is -0.324 e. The Labute approximate surface area is 153 Å². The Morgan fingerprint density at radius 2 is 2.12 bits per heavy atom. The molecule has 0 aliphatic rings. The van der Waals surface area contributed by atoms with Crippen LogP contribution in [0.25, 0.3) is 22.6 Å². The number of carbonyl (C=O) groups is 1. The summed E-state index contributed by atoms with van der Waals surface area (Å²) in [7, 11) is 0. The number of halogens is 1. The third-order valence-electron chi connectivity index (χ3n) is 4.09. The zero-order chi connectivity index (χ0) is 18.1. The molecular formula is C19H15FN4OS. The van der Waals surface area contributed by atoms with E-state index in [-0.39, 0.29) is 18.3 Å². The summed E-state index contributed by atoms with van der Waals surface area (Å²) in [6.45, 7) is 1.88. The maximum atomic E-state index is 13.5. The summed E-state index contributed by atoms with van der Waals surface area (Å²) in [5, 5.41) is 4.68. The molecule has 0 fully saturated rings. The van der Waals surface area contributed by atoms with Gasteiger partial charge in [0.15, 0.2) is 5.82 Å². The molecule has 0 aliphatic heterocycles. The molecule has 0 unspecified atom stereocenters. The summed E-state index contributed by atoms with van der Waals surface area (Å²) in [5.74, 6) is -0.000889. The lowest BCUT2D eigenvalue weighted by atomic mass is 10.2. The summed E-state index contributed by atoms with van der Waals surface area (Å²) in [6, 6.07) is 11.9. The van der Waals surface area contributed by atoms with Gasteiger partial charge in [0.25, 0.3) is 0 Å². The van der Waals surface area contributed by atoms with Crippen molar-refractivity contribution in [2.24, 2.45) is 0 Å². The Hall–Kier alpha value is -3.06. The van der Waals surface area contributed by atoms with Gasteiger partial charge in [-0.2, -0.15) is 0 Å². The molecule has 26 heavy (non-hydrogen) atoms. The van der Waals surface area contributed by atoms with Gasteiger partial charge in [-0.1, -0.05) is 18.2 Å². The molecule has 0 bridgehead atoms. The lowest BCUT2D eigenvalue weighted by molar-refractivity contribution is -0.116. The zero-order valence-electron chi connectivity index (χ0n) is 13.9. The van der Waals surface area contributed by atoms with E-state index in [1.165, 1.54) is 23.5 Å². The average molecular weight is 366 g/mol. The molecule has 2 heterocycles. The van der Waals surface area contributed by atoms with Crippen LogP contribution in [-0.4, -0.2) is 20.4 Å². The first-order valence-electron chi connectivity index (χ1n) is 8.01. The molecule has 1 amide bonds. The normalized spacial score (nSPS) is 11.0. The number of hydrogen-bond donors (Lipinski definition) is 1. The van der Waals surface area contributed by atoms with Crippen LogP contribution in [0.3, 0.4) is 0 Å². The molecule has 1 N–H and O–H groups in total. The fourth-order valence-electron chi connectivity index (χ4n) is 2.82. The van der Waals surface area contributed by atoms with Gasteiger partial charge in [-0.15, -0.1) is 11.3 Å². The number of imidazole rings is 1. The maximum Gasteiger partial charge on any atom is 0.244 e. The van der Waals surface area contributed by atoms with Gasteiger partial charge in [0, 0.05) is 11.1 Å². The summed E-state index contributed by atoms with van der Waals surface area (Å²) in [5.41, 5.74) is 5.37. The Kier molecular flexibility index (Phi) is 4.22. The number of rotatable bonds is 4. The van der Waals surface area contributed by atoms with E-state index < -0.39 is 0 Å². The van der Waals surface area contributed by atoms with Crippen LogP contribution in [0.15, 0.2) is 53.4 Å². The number of benzene rings is 2. The SMILES string of the molecule is Cc1ccc(F)cc1NC(=O)Cn1c(-c2cscn2)nc2ccccc21. The zero-order valence-corrected chi connectivity index (χ0v) is 14.8. The van der Waals surface area contributed by atoms with Crippen molar-refractivity contribution in [3.63, 3.8) is 0 Å². The number of anilines is 1. The number of thiazole rings is 1. The molecule has 0 saturated carbocycles. The van der Waals surface area contributed by atoms with E-state index in [1.807, 2.05) is 41.1 Å². The predicted molar refractivity (Wildman–Crippen MR) is 101 cm³/mol. The standard InChI is InChI=1S/C19H15FN4OS/c1-12-6-7-13(20)8-15(12)22-18(25)9-24-17-5-3-2-4-14(17)23-19(24)16-10-26-11-21-16/h2-8,10-11H,9H2,1H3,(H,22,25). The quantitative estimate of drug-likeness (QED) is 0.587. The third kappa shape index (κ3) is 3.09. The van der Waals surface area contributed by atoms with Gasteiger partial charge in [-0.3, -0.25) is 4.79 Å². The molecule has 7 heteroatoms. The molecule has 5 nitrogen and oxygen atoms in total. The van der Waals surface area contributed by atoms with Crippen molar-refractivity contribution in [3.8, 4) is 11.5 Å². The van der Waals surface area contributed by atoms with Crippen molar-refractivity contribution < 1.29 is 9.18 Å². The summed E-state index contributed by atoms with van der Waals surface area (Å²) in [4.78, 5) is 21.5. The lowest BCUT2D eigenvalue weighted by Gasteiger charge is -2.11. The molecule has 4 rings (SSSR count). The van der Waals surface area contributed by atoms with Gasteiger partial charge < -0.3 is 9.88 Å². The van der Waals surface area contributed by atoms with Crippen LogP contribution < -0.4 is 5.32 Å². The van der Waals surface area contributed by atoms with Gasteiger partial charge >= 0.3 is 0 Å². The largest absolute Gasteiger partial charge is 0.324 e. The van der Waals surface area contributed by atoms with E-state index in [4.69, 9.17) is 0 Å². The number of aromatic nitrogens is 3. The molecule has 4 aromatic rings. The number of nitrogens with one attached hydrogen (secondary N) is 1. The number of fused-ring (bicyclic) bond motifs is 1. The van der Waals surface area contributed by atoms with Crippen molar-refractivity contribution in [2.75, 3.05) is 5.32 Å². The number of amides is 1. The van der Waals surface area contributed by atoms with Crippen LogP contribution >= 0.6 is 11.3 Å². The lowest BCUT2D eigenvalue weighted by Crippen LogP contribution is -2.20. The van der Waals surface area contributed by atoms with Crippen molar-refractivity contribution in [2.45, 2.75) is 13.5 Å². The number of nitrogens with zero attached hydrogens (tertiary/aromatic N) is 3. The van der Waals surface area contributed by atoms with Gasteiger partial charge in [-0.25, -0.2) is 14.4 Å². The minimum atomic E-state index is -0.387. The fraction of sp³-hybridized carbons (Fsp3) is 0.105. The second-order valence-corrected chi connectivity index (χ2v) is 6.61. The topological polar surface area (TPSA) is 59.8 Å². The van der Waals surface area contributed by atoms with Gasteiger partial charge in [0.1, 0.15) is 18.1 Å². The third-order valence-corrected chi connectivity index (χ3v) is 4.68. The maximum absolute atomic E-state index is 13.5. The van der Waals surface area contributed by atoms with E-state index in [0.717, 1.165) is 22.3 Å². The van der Waals surface area contributed by atoms with Crippen LogP contribution in [0.4, 0.5) is 10.1 Å². The van der Waals surface area contributed by atoms with Gasteiger partial charge in [0.05, 0.1) is 16.5 Å². The summed E-state index contributed by atoms with van der Waals surface area (Å²) in [6.07, 6.45) is 0. The number of aryl methyl sites for hydroxylation is 1. The monoisotopic (exact) mass is 366 g/mol. The van der Waals surface area contributed by atoms with Crippen LogP contribution in [0.5, 0.6) is 0 Å². The second-order valence-electron chi connectivity index (χ2n) is 5.89. The van der Waals surface area contributed by atoms with E-state index in [2.05, 4.69) is 15.3 Å². The average Bonchev–Trinajstić information content (AvgIpc) is 3.26. The van der Waals surface area contributed by atoms with Crippen molar-refractivity contribution in [1.82, 2.24) is 14.5 Å². The Morgan fingerprint density at radius 1 is 1.27 bits per heavy atom. The first kappa shape index (κ1) is 16.4. The smallest absolute Gasteiger partial charge is 0.244 e. The highest BCUT2D eigenvalue weighted by Gasteiger charge is 2.17. The number of carbonyl (C=O) groups excluding carboxylic acids is 1. The van der Waals surface area contributed by atoms with Gasteiger partial charge in [0.2, 0.25) is 5.91 Å². The van der Waals surface area contributed by atoms with Crippen molar-refractivity contribution >= 4 is 34.0 Å². The van der Waals surface area contributed by atoms with Crippen LogP contribution in [0.1, 0.15) is 5.56 Å².